The van der Waals surface area contributed by atoms with Gasteiger partial charge in [0, 0.05) is 19.2 Å². The monoisotopic (exact) mass is 496 g/mol. The zero-order valence-electron chi connectivity index (χ0n) is 17.4. The summed E-state index contributed by atoms with van der Waals surface area (Å²) in [7, 11) is 0. The maximum Gasteiger partial charge on any atom is 0.273 e. The van der Waals surface area contributed by atoms with Gasteiger partial charge in [0.1, 0.15) is 17.7 Å². The van der Waals surface area contributed by atoms with Crippen molar-refractivity contribution >= 4 is 40.6 Å². The van der Waals surface area contributed by atoms with Crippen molar-refractivity contribution in [3.63, 3.8) is 0 Å². The first-order valence-electron chi connectivity index (χ1n) is 9.80. The molecule has 0 bridgehead atoms. The second-order valence-corrected chi connectivity index (χ2v) is 7.81. The summed E-state index contributed by atoms with van der Waals surface area (Å²) < 4.78 is 26.4. The Morgan fingerprint density at radius 3 is 2.52 bits per heavy atom. The third kappa shape index (κ3) is 5.84. The first-order valence-corrected chi connectivity index (χ1v) is 10.6. The molecule has 2 aromatic heterocycles. The highest BCUT2D eigenvalue weighted by Gasteiger charge is 2.22. The summed E-state index contributed by atoms with van der Waals surface area (Å²) in [6.45, 7) is 3.27. The van der Waals surface area contributed by atoms with Crippen LogP contribution in [0.1, 0.15) is 28.4 Å². The largest absolute Gasteiger partial charge is 0.383 e. The van der Waals surface area contributed by atoms with Gasteiger partial charge in [0.05, 0.1) is 27.6 Å². The van der Waals surface area contributed by atoms with E-state index < -0.39 is 29.9 Å². The molecule has 0 spiro atoms. The Kier molecular flexibility index (Phi) is 7.96. The summed E-state index contributed by atoms with van der Waals surface area (Å²) in [5.41, 5.74) is 5.93. The van der Waals surface area contributed by atoms with Gasteiger partial charge in [-0.2, -0.15) is 0 Å². The quantitative estimate of drug-likeness (QED) is 0.438. The Morgan fingerprint density at radius 1 is 1.18 bits per heavy atom. The van der Waals surface area contributed by atoms with E-state index in [9.17, 15) is 18.4 Å². The number of amides is 1. The molecule has 1 amide bonds. The van der Waals surface area contributed by atoms with Crippen LogP contribution in [0.2, 0.25) is 10.0 Å². The van der Waals surface area contributed by atoms with Crippen LogP contribution in [0.4, 0.5) is 20.3 Å². The molecule has 1 aromatic carbocycles. The van der Waals surface area contributed by atoms with E-state index in [1.54, 1.807) is 12.3 Å². The lowest BCUT2D eigenvalue weighted by Gasteiger charge is -2.14. The molecule has 0 aliphatic heterocycles. The summed E-state index contributed by atoms with van der Waals surface area (Å²) in [5.74, 6) is -1.10. The summed E-state index contributed by atoms with van der Waals surface area (Å²) in [6, 6.07) is 4.26. The minimum atomic E-state index is -2.59. The number of hydrogen-bond acceptors (Lipinski definition) is 6. The summed E-state index contributed by atoms with van der Waals surface area (Å²) in [4.78, 5) is 34.0. The van der Waals surface area contributed by atoms with Crippen molar-refractivity contribution in [2.24, 2.45) is 0 Å². The number of nitrogens with one attached hydrogen (secondary N) is 2. The summed E-state index contributed by atoms with van der Waals surface area (Å²) in [6.07, 6.45) is 0.986. The number of nitrogen functional groups attached to an aromatic ring is 1. The zero-order valence-corrected chi connectivity index (χ0v) is 18.9. The lowest BCUT2D eigenvalue weighted by Crippen LogP contribution is -2.31. The molecule has 0 atom stereocenters. The lowest BCUT2D eigenvalue weighted by molar-refractivity contribution is 0.102. The number of aromatic nitrogens is 3. The fraction of sp³-hybridized carbons (Fsp3) is 0.238. The highest BCUT2D eigenvalue weighted by Crippen LogP contribution is 2.30. The molecule has 0 fully saturated rings. The van der Waals surface area contributed by atoms with Gasteiger partial charge in [-0.25, -0.2) is 13.8 Å². The van der Waals surface area contributed by atoms with Gasteiger partial charge < -0.3 is 16.4 Å². The molecule has 0 saturated heterocycles. The van der Waals surface area contributed by atoms with E-state index in [2.05, 4.69) is 20.6 Å². The Bertz CT molecular complexity index is 1210. The molecule has 0 aliphatic carbocycles. The summed E-state index contributed by atoms with van der Waals surface area (Å²) >= 11 is 12.4. The SMILES string of the molecule is CCNCc1cncc(NC(=O)c2c(N)ncn(-c3c(Cl)cc(CC(F)F)cc3Cl)c2=O)c1. The molecule has 0 aliphatic rings. The molecular weight excluding hydrogens is 477 g/mol. The molecule has 0 unspecified atom stereocenters. The molecule has 0 saturated carbocycles. The molecular formula is C21H20Cl2F2N6O2. The van der Waals surface area contributed by atoms with Crippen molar-refractivity contribution in [1.29, 1.82) is 0 Å². The third-order valence-corrected chi connectivity index (χ3v) is 5.14. The minimum absolute atomic E-state index is 0.00259. The van der Waals surface area contributed by atoms with Gasteiger partial charge in [0.25, 0.3) is 11.5 Å². The average Bonchev–Trinajstić information content (AvgIpc) is 2.73. The molecule has 3 aromatic rings. The molecule has 174 valence electrons. The molecule has 12 heteroatoms. The zero-order chi connectivity index (χ0) is 24.1. The van der Waals surface area contributed by atoms with Crippen LogP contribution < -0.4 is 21.9 Å². The van der Waals surface area contributed by atoms with Gasteiger partial charge in [0.2, 0.25) is 6.43 Å². The average molecular weight is 497 g/mol. The number of carbonyl (C=O) groups excluding carboxylic acids is 1. The van der Waals surface area contributed by atoms with E-state index in [0.29, 0.717) is 12.2 Å². The number of rotatable bonds is 8. The number of hydrogen-bond donors (Lipinski definition) is 3. The van der Waals surface area contributed by atoms with Gasteiger partial charge in [-0.1, -0.05) is 30.1 Å². The second kappa shape index (κ2) is 10.7. The maximum atomic E-state index is 13.1. The van der Waals surface area contributed by atoms with Crippen LogP contribution in [-0.2, 0) is 13.0 Å². The fourth-order valence-corrected chi connectivity index (χ4v) is 3.81. The standard InChI is InChI=1S/C21H20Cl2F2N6O2/c1-2-27-7-12-3-13(9-28-8-12)30-20(32)17-19(26)29-10-31(21(17)33)18-14(22)4-11(5-15(18)23)6-16(24)25/h3-5,8-10,16,27H,2,6-7,26H2,1H3,(H,30,32). The maximum absolute atomic E-state index is 13.1. The Hall–Kier alpha value is -3.08. The van der Waals surface area contributed by atoms with Crippen LogP contribution >= 0.6 is 23.2 Å². The predicted molar refractivity (Wildman–Crippen MR) is 124 cm³/mol. The van der Waals surface area contributed by atoms with Crippen LogP contribution in [0, 0.1) is 0 Å². The van der Waals surface area contributed by atoms with Gasteiger partial charge in [-0.15, -0.1) is 0 Å². The molecule has 33 heavy (non-hydrogen) atoms. The van der Waals surface area contributed by atoms with Crippen molar-refractivity contribution in [1.82, 2.24) is 19.9 Å². The van der Waals surface area contributed by atoms with E-state index in [4.69, 9.17) is 28.9 Å². The third-order valence-electron chi connectivity index (χ3n) is 4.57. The van der Waals surface area contributed by atoms with Crippen LogP contribution in [-0.4, -0.2) is 33.4 Å². The molecule has 8 nitrogen and oxygen atoms in total. The van der Waals surface area contributed by atoms with Crippen molar-refractivity contribution in [3.8, 4) is 5.69 Å². The minimum Gasteiger partial charge on any atom is -0.383 e. The normalized spacial score (nSPS) is 11.1. The van der Waals surface area contributed by atoms with E-state index >= 15 is 0 Å². The fourth-order valence-electron chi connectivity index (χ4n) is 3.10. The van der Waals surface area contributed by atoms with Crippen LogP contribution in [0.5, 0.6) is 0 Å². The van der Waals surface area contributed by atoms with Gasteiger partial charge in [-0.3, -0.25) is 19.1 Å². The molecule has 0 radical (unpaired) electrons. The van der Waals surface area contributed by atoms with Crippen molar-refractivity contribution in [2.45, 2.75) is 26.3 Å². The lowest BCUT2D eigenvalue weighted by atomic mass is 10.1. The van der Waals surface area contributed by atoms with E-state index in [1.165, 1.54) is 18.3 Å². The summed E-state index contributed by atoms with van der Waals surface area (Å²) in [5, 5.41) is 5.61. The highest BCUT2D eigenvalue weighted by atomic mass is 35.5. The number of nitrogens with two attached hydrogens (primary N) is 1. The molecule has 2 heterocycles. The van der Waals surface area contributed by atoms with Crippen molar-refractivity contribution in [3.05, 3.63) is 74.0 Å². The van der Waals surface area contributed by atoms with Crippen LogP contribution in [0.3, 0.4) is 0 Å². The smallest absolute Gasteiger partial charge is 0.273 e. The van der Waals surface area contributed by atoms with Crippen LogP contribution in [0.15, 0.2) is 41.7 Å². The Morgan fingerprint density at radius 2 is 1.88 bits per heavy atom. The number of alkyl halides is 2. The van der Waals surface area contributed by atoms with E-state index in [0.717, 1.165) is 23.0 Å². The van der Waals surface area contributed by atoms with Crippen LogP contribution in [0.25, 0.3) is 5.69 Å². The Labute approximate surface area is 197 Å². The number of halogens is 4. The topological polar surface area (TPSA) is 115 Å². The number of carbonyl (C=O) groups is 1. The van der Waals surface area contributed by atoms with Gasteiger partial charge >= 0.3 is 0 Å². The number of benzene rings is 1. The molecule has 3 rings (SSSR count). The predicted octanol–water partition coefficient (Wildman–Crippen LogP) is 3.69. The number of anilines is 2. The van der Waals surface area contributed by atoms with Crippen molar-refractivity contribution in [2.75, 3.05) is 17.6 Å². The Balaban J connectivity index is 1.97. The number of nitrogens with zero attached hydrogens (tertiary/aromatic N) is 3. The highest BCUT2D eigenvalue weighted by molar-refractivity contribution is 6.37. The first-order chi connectivity index (χ1) is 15.7. The second-order valence-electron chi connectivity index (χ2n) is 7.00. The van der Waals surface area contributed by atoms with E-state index in [1.807, 2.05) is 6.92 Å². The van der Waals surface area contributed by atoms with Gasteiger partial charge in [0.15, 0.2) is 0 Å². The number of pyridine rings is 1. The van der Waals surface area contributed by atoms with Gasteiger partial charge in [-0.05, 0) is 35.9 Å². The van der Waals surface area contributed by atoms with Crippen molar-refractivity contribution < 1.29 is 13.6 Å². The molecule has 4 N–H and O–H groups in total. The van der Waals surface area contributed by atoms with E-state index in [-0.39, 0.29) is 27.1 Å². The first kappa shape index (κ1) is 24.6.